The monoisotopic (exact) mass is 484 g/mol. The lowest BCUT2D eigenvalue weighted by atomic mass is 10.2. The molecule has 0 aromatic heterocycles. The van der Waals surface area contributed by atoms with Crippen LogP contribution in [-0.2, 0) is 25.8 Å². The highest BCUT2D eigenvalue weighted by molar-refractivity contribution is 7.92. The zero-order valence-corrected chi connectivity index (χ0v) is 18.9. The molecule has 0 aliphatic carbocycles. The summed E-state index contributed by atoms with van der Waals surface area (Å²) in [5, 5.41) is 0.961. The lowest BCUT2D eigenvalue weighted by molar-refractivity contribution is 0.599. The molecule has 0 atom stereocenters. The van der Waals surface area contributed by atoms with Gasteiger partial charge in [0.15, 0.2) is 0 Å². The van der Waals surface area contributed by atoms with Crippen LogP contribution >= 0.6 is 23.2 Å². The van der Waals surface area contributed by atoms with E-state index in [2.05, 4.69) is 9.44 Å². The van der Waals surface area contributed by atoms with Crippen LogP contribution in [0.5, 0.6) is 0 Å². The maximum Gasteiger partial charge on any atom is 0.261 e. The minimum absolute atomic E-state index is 0.0140. The van der Waals surface area contributed by atoms with Crippen molar-refractivity contribution in [3.05, 3.63) is 87.9 Å². The number of aryl methyl sites for hydroxylation is 1. The minimum atomic E-state index is -3.85. The number of nitrogens with one attached hydrogen (secondary N) is 2. The lowest BCUT2D eigenvalue weighted by Crippen LogP contribution is -2.16. The van der Waals surface area contributed by atoms with Crippen molar-refractivity contribution in [3.8, 4) is 0 Å². The van der Waals surface area contributed by atoms with Crippen LogP contribution in [0.3, 0.4) is 0 Å². The summed E-state index contributed by atoms with van der Waals surface area (Å²) >= 11 is 11.8. The molecule has 0 aliphatic heterocycles. The van der Waals surface area contributed by atoms with Gasteiger partial charge in [-0.25, -0.2) is 16.8 Å². The first kappa shape index (κ1) is 22.4. The zero-order valence-electron chi connectivity index (χ0n) is 15.8. The Morgan fingerprint density at radius 2 is 1.37 bits per heavy atom. The van der Waals surface area contributed by atoms with Crippen LogP contribution in [-0.4, -0.2) is 16.8 Å². The summed E-state index contributed by atoms with van der Waals surface area (Å²) in [6, 6.07) is 16.7. The molecule has 0 radical (unpaired) electrons. The van der Waals surface area contributed by atoms with Crippen molar-refractivity contribution in [3.63, 3.8) is 0 Å². The molecule has 0 heterocycles. The summed E-state index contributed by atoms with van der Waals surface area (Å²) in [5.41, 5.74) is 1.99. The highest BCUT2D eigenvalue weighted by Crippen LogP contribution is 2.23. The number of hydrogen-bond donors (Lipinski definition) is 2. The minimum Gasteiger partial charge on any atom is -0.283 e. The SMILES string of the molecule is Cc1ccc(NS(=O)(=O)c2ccc(NS(=O)(=O)Cc3ccc(Cl)cc3)cc2)cc1Cl. The molecule has 0 fully saturated rings. The molecule has 0 amide bonds. The number of benzene rings is 3. The molecule has 0 saturated heterocycles. The van der Waals surface area contributed by atoms with E-state index in [1.54, 1.807) is 36.4 Å². The van der Waals surface area contributed by atoms with Crippen LogP contribution in [0.15, 0.2) is 71.6 Å². The molecule has 0 saturated carbocycles. The van der Waals surface area contributed by atoms with E-state index < -0.39 is 20.0 Å². The average Bonchev–Trinajstić information content (AvgIpc) is 2.66. The van der Waals surface area contributed by atoms with Crippen LogP contribution in [0.4, 0.5) is 11.4 Å². The van der Waals surface area contributed by atoms with Gasteiger partial charge in [-0.05, 0) is 66.6 Å². The second kappa shape index (κ2) is 8.85. The maximum absolute atomic E-state index is 12.6. The Labute approximate surface area is 186 Å². The van der Waals surface area contributed by atoms with Crippen LogP contribution in [0, 0.1) is 6.92 Å². The molecule has 0 aliphatic rings. The first-order valence-corrected chi connectivity index (χ1v) is 12.6. The molecule has 0 spiro atoms. The summed E-state index contributed by atoms with van der Waals surface area (Å²) in [6.07, 6.45) is 0. The molecule has 10 heteroatoms. The number of anilines is 2. The van der Waals surface area contributed by atoms with Crippen molar-refractivity contribution in [1.82, 2.24) is 0 Å². The van der Waals surface area contributed by atoms with E-state index in [9.17, 15) is 16.8 Å². The van der Waals surface area contributed by atoms with Crippen molar-refractivity contribution >= 4 is 54.6 Å². The quantitative estimate of drug-likeness (QED) is 0.490. The molecule has 3 aromatic carbocycles. The molecule has 3 rings (SSSR count). The molecular formula is C20H18Cl2N2O4S2. The van der Waals surface area contributed by atoms with E-state index in [1.807, 2.05) is 6.92 Å². The van der Waals surface area contributed by atoms with E-state index >= 15 is 0 Å². The van der Waals surface area contributed by atoms with E-state index in [0.717, 1.165) is 5.56 Å². The number of halogens is 2. The Bertz CT molecular complexity index is 1260. The van der Waals surface area contributed by atoms with Gasteiger partial charge in [0.1, 0.15) is 0 Å². The number of sulfonamides is 2. The van der Waals surface area contributed by atoms with E-state index in [4.69, 9.17) is 23.2 Å². The number of hydrogen-bond acceptors (Lipinski definition) is 4. The van der Waals surface area contributed by atoms with Crippen LogP contribution in [0.25, 0.3) is 0 Å². The van der Waals surface area contributed by atoms with Gasteiger partial charge in [-0.1, -0.05) is 41.4 Å². The zero-order chi connectivity index (χ0) is 21.9. The van der Waals surface area contributed by atoms with Crippen LogP contribution in [0.2, 0.25) is 10.0 Å². The molecule has 2 N–H and O–H groups in total. The first-order valence-electron chi connectivity index (χ1n) is 8.68. The second-order valence-corrected chi connectivity index (χ2v) is 10.8. The van der Waals surface area contributed by atoms with Crippen LogP contribution in [0.1, 0.15) is 11.1 Å². The van der Waals surface area contributed by atoms with Crippen molar-refractivity contribution in [2.75, 3.05) is 9.44 Å². The smallest absolute Gasteiger partial charge is 0.261 e. The summed E-state index contributed by atoms with van der Waals surface area (Å²) < 4.78 is 54.7. The third-order valence-corrected chi connectivity index (χ3v) is 7.45. The van der Waals surface area contributed by atoms with Crippen molar-refractivity contribution in [2.45, 2.75) is 17.6 Å². The Morgan fingerprint density at radius 1 is 0.767 bits per heavy atom. The highest BCUT2D eigenvalue weighted by Gasteiger charge is 2.16. The number of rotatable bonds is 7. The van der Waals surface area contributed by atoms with Gasteiger partial charge < -0.3 is 0 Å². The maximum atomic E-state index is 12.6. The van der Waals surface area contributed by atoms with E-state index in [0.29, 0.717) is 21.3 Å². The Morgan fingerprint density at radius 3 is 1.97 bits per heavy atom. The Hall–Kier alpha value is -2.26. The third-order valence-electron chi connectivity index (χ3n) is 4.13. The summed E-state index contributed by atoms with van der Waals surface area (Å²) in [5.74, 6) is -0.236. The van der Waals surface area contributed by atoms with Crippen molar-refractivity contribution in [2.24, 2.45) is 0 Å². The van der Waals surface area contributed by atoms with Gasteiger partial charge in [-0.15, -0.1) is 0 Å². The molecular weight excluding hydrogens is 467 g/mol. The second-order valence-electron chi connectivity index (χ2n) is 6.58. The summed E-state index contributed by atoms with van der Waals surface area (Å²) in [6.45, 7) is 1.81. The van der Waals surface area contributed by atoms with Gasteiger partial charge in [0.2, 0.25) is 10.0 Å². The predicted molar refractivity (Wildman–Crippen MR) is 121 cm³/mol. The van der Waals surface area contributed by atoms with Crippen LogP contribution < -0.4 is 9.44 Å². The molecule has 3 aromatic rings. The first-order chi connectivity index (χ1) is 14.0. The molecule has 6 nitrogen and oxygen atoms in total. The molecule has 30 heavy (non-hydrogen) atoms. The Kier molecular flexibility index (Phi) is 6.62. The fourth-order valence-corrected chi connectivity index (χ4v) is 5.14. The predicted octanol–water partition coefficient (Wildman–Crippen LogP) is 5.04. The lowest BCUT2D eigenvalue weighted by Gasteiger charge is -2.11. The van der Waals surface area contributed by atoms with Gasteiger partial charge in [-0.3, -0.25) is 9.44 Å². The summed E-state index contributed by atoms with van der Waals surface area (Å²) in [4.78, 5) is -0.0140. The van der Waals surface area contributed by atoms with E-state index in [1.165, 1.54) is 30.3 Å². The fourth-order valence-electron chi connectivity index (χ4n) is 2.59. The molecule has 0 unspecified atom stereocenters. The highest BCUT2D eigenvalue weighted by atomic mass is 35.5. The topological polar surface area (TPSA) is 92.3 Å². The van der Waals surface area contributed by atoms with Crippen molar-refractivity contribution in [1.29, 1.82) is 0 Å². The standard InChI is InChI=1S/C20H18Cl2N2O4S2/c1-14-2-7-18(12-20(14)22)24-30(27,28)19-10-8-17(9-11-19)23-29(25,26)13-15-3-5-16(21)6-4-15/h2-12,23-24H,13H2,1H3. The van der Waals surface area contributed by atoms with Gasteiger partial charge >= 0.3 is 0 Å². The fraction of sp³-hybridized carbons (Fsp3) is 0.100. The van der Waals surface area contributed by atoms with Gasteiger partial charge in [-0.2, -0.15) is 0 Å². The largest absolute Gasteiger partial charge is 0.283 e. The van der Waals surface area contributed by atoms with Gasteiger partial charge in [0.25, 0.3) is 10.0 Å². The van der Waals surface area contributed by atoms with Gasteiger partial charge in [0.05, 0.1) is 16.3 Å². The average molecular weight is 485 g/mol. The van der Waals surface area contributed by atoms with Gasteiger partial charge in [0, 0.05) is 15.7 Å². The normalized spacial score (nSPS) is 11.8. The van der Waals surface area contributed by atoms with E-state index in [-0.39, 0.29) is 16.3 Å². The Balaban J connectivity index is 1.71. The third kappa shape index (κ3) is 5.89. The van der Waals surface area contributed by atoms with Crippen molar-refractivity contribution < 1.29 is 16.8 Å². The summed E-state index contributed by atoms with van der Waals surface area (Å²) in [7, 11) is -7.53. The molecule has 158 valence electrons. The molecule has 0 bridgehead atoms.